The second-order valence-electron chi connectivity index (χ2n) is 10.4. The summed E-state index contributed by atoms with van der Waals surface area (Å²) in [6, 6.07) is 10.6. The number of aromatic nitrogens is 6. The maximum atomic E-state index is 14.8. The molecule has 0 bridgehead atoms. The summed E-state index contributed by atoms with van der Waals surface area (Å²) in [7, 11) is 0. The van der Waals surface area contributed by atoms with Gasteiger partial charge in [0.25, 0.3) is 0 Å². The first-order chi connectivity index (χ1) is 20.1. The molecule has 2 aromatic carbocycles. The smallest absolute Gasteiger partial charge is 0.350 e. The average molecular weight is 599 g/mol. The molecule has 1 aliphatic rings. The molecule has 1 fully saturated rings. The Morgan fingerprint density at radius 1 is 1.02 bits per heavy atom. The molecule has 0 radical (unpaired) electrons. The Bertz CT molecular complexity index is 1570. The summed E-state index contributed by atoms with van der Waals surface area (Å²) in [5, 5.41) is 25.6. The molecule has 0 saturated carbocycles. The second-order valence-corrected chi connectivity index (χ2v) is 10.8. The van der Waals surface area contributed by atoms with Crippen LogP contribution in [0.1, 0.15) is 19.4 Å². The van der Waals surface area contributed by atoms with Crippen molar-refractivity contribution in [1.82, 2.24) is 44.9 Å². The predicted octanol–water partition coefficient (Wildman–Crippen LogP) is 1.40. The summed E-state index contributed by atoms with van der Waals surface area (Å²) >= 11 is 5.33. The lowest BCUT2D eigenvalue weighted by Crippen LogP contribution is -2.56. The number of benzene rings is 2. The zero-order valence-electron chi connectivity index (χ0n) is 23.2. The van der Waals surface area contributed by atoms with Crippen LogP contribution in [0, 0.1) is 11.6 Å². The van der Waals surface area contributed by atoms with Crippen molar-refractivity contribution < 1.29 is 13.9 Å². The minimum absolute atomic E-state index is 0.196. The van der Waals surface area contributed by atoms with E-state index in [1.54, 1.807) is 0 Å². The van der Waals surface area contributed by atoms with Crippen molar-refractivity contribution in [3.8, 4) is 5.69 Å². The lowest BCUT2D eigenvalue weighted by atomic mass is 9.93. The number of piperazine rings is 1. The monoisotopic (exact) mass is 598 g/mol. The third-order valence-corrected chi connectivity index (χ3v) is 7.13. The standard InChI is InChI=1S/C27H32F2N10O2S/c1-19(2)33-25(42)34-36-11-9-35(10-12-36)21-4-6-22(7-5-21)38-18-32-39(26(38)40)15-27(41,14-37-17-30-16-31-37)23-8-3-20(28)13-24(23)29/h3-8,13,16-19,41H,9-12,14-15H2,1-2H3,(H2,33,34,42). The van der Waals surface area contributed by atoms with Gasteiger partial charge in [-0.25, -0.2) is 37.5 Å². The number of hydrogen-bond donors (Lipinski definition) is 3. The van der Waals surface area contributed by atoms with Gasteiger partial charge < -0.3 is 15.3 Å². The van der Waals surface area contributed by atoms with Crippen LogP contribution < -0.4 is 21.3 Å². The highest BCUT2D eigenvalue weighted by molar-refractivity contribution is 7.80. The van der Waals surface area contributed by atoms with Crippen molar-refractivity contribution >= 4 is 23.0 Å². The summed E-state index contributed by atoms with van der Waals surface area (Å²) < 4.78 is 32.1. The van der Waals surface area contributed by atoms with Crippen LogP contribution in [0.2, 0.25) is 0 Å². The third kappa shape index (κ3) is 6.64. The molecule has 12 nitrogen and oxygen atoms in total. The van der Waals surface area contributed by atoms with E-state index in [0.29, 0.717) is 16.9 Å². The number of nitrogens with zero attached hydrogens (tertiary/aromatic N) is 8. The van der Waals surface area contributed by atoms with Crippen molar-refractivity contribution in [1.29, 1.82) is 0 Å². The van der Waals surface area contributed by atoms with Gasteiger partial charge in [0, 0.05) is 49.5 Å². The van der Waals surface area contributed by atoms with Crippen molar-refractivity contribution in [2.75, 3.05) is 31.1 Å². The summed E-state index contributed by atoms with van der Waals surface area (Å²) in [6.07, 6.45) is 3.96. The molecule has 2 aromatic heterocycles. The molecule has 222 valence electrons. The molecule has 4 aromatic rings. The van der Waals surface area contributed by atoms with Gasteiger partial charge >= 0.3 is 5.69 Å². The minimum Gasteiger partial charge on any atom is -0.381 e. The topological polar surface area (TPSA) is 121 Å². The van der Waals surface area contributed by atoms with Gasteiger partial charge in [-0.2, -0.15) is 10.2 Å². The van der Waals surface area contributed by atoms with E-state index >= 15 is 0 Å². The van der Waals surface area contributed by atoms with E-state index in [9.17, 15) is 18.7 Å². The molecule has 1 atom stereocenters. The zero-order chi connectivity index (χ0) is 29.9. The minimum atomic E-state index is -1.98. The fourth-order valence-corrected chi connectivity index (χ4v) is 5.24. The Hall–Kier alpha value is -4.21. The molecule has 3 heterocycles. The number of anilines is 1. The Morgan fingerprint density at radius 2 is 1.74 bits per heavy atom. The van der Waals surface area contributed by atoms with Gasteiger partial charge in [0.15, 0.2) is 5.11 Å². The molecule has 42 heavy (non-hydrogen) atoms. The van der Waals surface area contributed by atoms with Crippen LogP contribution in [0.4, 0.5) is 14.5 Å². The predicted molar refractivity (Wildman–Crippen MR) is 156 cm³/mol. The lowest BCUT2D eigenvalue weighted by molar-refractivity contribution is -0.00948. The van der Waals surface area contributed by atoms with Gasteiger partial charge in [0.2, 0.25) is 0 Å². The molecule has 1 aliphatic heterocycles. The van der Waals surface area contributed by atoms with Crippen LogP contribution in [0.5, 0.6) is 0 Å². The van der Waals surface area contributed by atoms with Crippen molar-refractivity contribution in [3.05, 3.63) is 89.1 Å². The molecule has 1 unspecified atom stereocenters. The maximum Gasteiger partial charge on any atom is 0.350 e. The molecule has 0 amide bonds. The molecule has 3 N–H and O–H groups in total. The fraction of sp³-hybridized carbons (Fsp3) is 0.370. The molecule has 0 aliphatic carbocycles. The first-order valence-corrected chi connectivity index (χ1v) is 13.8. The molecular formula is C27H32F2N10O2S. The number of nitrogens with one attached hydrogen (secondary N) is 2. The van der Waals surface area contributed by atoms with Crippen molar-refractivity contribution in [2.45, 2.75) is 38.6 Å². The highest BCUT2D eigenvalue weighted by atomic mass is 32.1. The molecule has 15 heteroatoms. The van der Waals surface area contributed by atoms with Crippen LogP contribution >= 0.6 is 12.2 Å². The fourth-order valence-electron chi connectivity index (χ4n) is 4.88. The van der Waals surface area contributed by atoms with E-state index < -0.39 is 29.5 Å². The Balaban J connectivity index is 1.29. The van der Waals surface area contributed by atoms with E-state index in [-0.39, 0.29) is 18.2 Å². The third-order valence-electron chi connectivity index (χ3n) is 6.92. The first-order valence-electron chi connectivity index (χ1n) is 13.4. The number of hydrogen-bond acceptors (Lipinski definition) is 8. The summed E-state index contributed by atoms with van der Waals surface area (Å²) in [5.41, 5.74) is 2.10. The van der Waals surface area contributed by atoms with Crippen molar-refractivity contribution in [3.63, 3.8) is 0 Å². The summed E-state index contributed by atoms with van der Waals surface area (Å²) in [6.45, 7) is 6.55. The van der Waals surface area contributed by atoms with Crippen LogP contribution in [-0.2, 0) is 18.7 Å². The highest BCUT2D eigenvalue weighted by Gasteiger charge is 2.35. The Labute approximate surface area is 246 Å². The SMILES string of the molecule is CC(C)NC(=S)NN1CCN(c2ccc(-n3cnn(CC(O)(Cn4cncn4)c4ccc(F)cc4F)c3=O)cc2)CC1. The maximum absolute atomic E-state index is 14.8. The van der Waals surface area contributed by atoms with Gasteiger partial charge in [0.05, 0.1) is 18.8 Å². The quantitative estimate of drug-likeness (QED) is 0.244. The highest BCUT2D eigenvalue weighted by Crippen LogP contribution is 2.28. The van der Waals surface area contributed by atoms with Crippen LogP contribution in [0.15, 0.2) is 66.2 Å². The molecule has 5 rings (SSSR count). The Kier molecular flexibility index (Phi) is 8.61. The van der Waals surface area contributed by atoms with Crippen LogP contribution in [-0.4, -0.2) is 76.6 Å². The summed E-state index contributed by atoms with van der Waals surface area (Å²) in [4.78, 5) is 19.4. The zero-order valence-corrected chi connectivity index (χ0v) is 24.0. The summed E-state index contributed by atoms with van der Waals surface area (Å²) in [5.74, 6) is -1.74. The number of halogens is 2. The van der Waals surface area contributed by atoms with E-state index in [1.165, 1.54) is 28.2 Å². The van der Waals surface area contributed by atoms with E-state index in [2.05, 4.69) is 35.8 Å². The first kappa shape index (κ1) is 29.3. The molecular weight excluding hydrogens is 566 g/mol. The van der Waals surface area contributed by atoms with Gasteiger partial charge in [-0.3, -0.25) is 5.43 Å². The lowest BCUT2D eigenvalue weighted by Gasteiger charge is -2.36. The van der Waals surface area contributed by atoms with Gasteiger partial charge in [-0.1, -0.05) is 6.07 Å². The van der Waals surface area contributed by atoms with Crippen LogP contribution in [0.3, 0.4) is 0 Å². The number of rotatable bonds is 9. The van der Waals surface area contributed by atoms with Gasteiger partial charge in [-0.05, 0) is 56.4 Å². The number of hydrazine groups is 1. The second kappa shape index (κ2) is 12.3. The van der Waals surface area contributed by atoms with E-state index in [4.69, 9.17) is 12.2 Å². The molecule has 1 saturated heterocycles. The van der Waals surface area contributed by atoms with Crippen molar-refractivity contribution in [2.24, 2.45) is 0 Å². The number of thiocarbonyl (C=S) groups is 1. The largest absolute Gasteiger partial charge is 0.381 e. The number of aliphatic hydroxyl groups is 1. The normalized spacial score (nSPS) is 15.5. The van der Waals surface area contributed by atoms with E-state index in [1.807, 2.05) is 38.1 Å². The molecule has 0 spiro atoms. The van der Waals surface area contributed by atoms with E-state index in [0.717, 1.165) is 48.7 Å². The van der Waals surface area contributed by atoms with Gasteiger partial charge in [0.1, 0.15) is 36.2 Å². The Morgan fingerprint density at radius 3 is 2.38 bits per heavy atom. The van der Waals surface area contributed by atoms with Gasteiger partial charge in [-0.15, -0.1) is 0 Å². The average Bonchev–Trinajstić information content (AvgIpc) is 3.58. The van der Waals surface area contributed by atoms with Crippen LogP contribution in [0.25, 0.3) is 5.69 Å².